The molecule has 1 fully saturated rings. The van der Waals surface area contributed by atoms with Crippen molar-refractivity contribution in [1.82, 2.24) is 9.80 Å². The highest BCUT2D eigenvalue weighted by Gasteiger charge is 2.10. The van der Waals surface area contributed by atoms with Crippen LogP contribution in [0.3, 0.4) is 0 Å². The van der Waals surface area contributed by atoms with Gasteiger partial charge >= 0.3 is 0 Å². The van der Waals surface area contributed by atoms with Crippen molar-refractivity contribution in [3.05, 3.63) is 0 Å². The molecule has 0 unspecified atom stereocenters. The van der Waals surface area contributed by atoms with Crippen LogP contribution in [0.1, 0.15) is 12.8 Å². The molecule has 21 heavy (non-hydrogen) atoms. The monoisotopic (exact) mass is 304 g/mol. The van der Waals surface area contributed by atoms with Crippen molar-refractivity contribution in [2.24, 2.45) is 0 Å². The number of ether oxygens (including phenoxy) is 3. The summed E-state index contributed by atoms with van der Waals surface area (Å²) in [5.74, 6) is 0. The second kappa shape index (κ2) is 13.4. The molecule has 0 aromatic carbocycles. The van der Waals surface area contributed by atoms with Crippen molar-refractivity contribution in [2.75, 3.05) is 86.0 Å². The third-order valence-electron chi connectivity index (χ3n) is 3.59. The summed E-state index contributed by atoms with van der Waals surface area (Å²) in [4.78, 5) is 4.48. The maximum atomic E-state index is 8.74. The van der Waals surface area contributed by atoms with E-state index in [1.807, 2.05) is 11.9 Å². The lowest BCUT2D eigenvalue weighted by Crippen LogP contribution is -2.26. The fraction of sp³-hybridized carbons (Fsp3) is 1.00. The summed E-state index contributed by atoms with van der Waals surface area (Å²) >= 11 is 0. The Hall–Kier alpha value is -0.240. The van der Waals surface area contributed by atoms with E-state index in [4.69, 9.17) is 19.3 Å². The molecule has 0 spiro atoms. The molecule has 1 aliphatic heterocycles. The van der Waals surface area contributed by atoms with E-state index in [1.54, 1.807) is 0 Å². The number of hydrogen-bond donors (Lipinski definition) is 1. The van der Waals surface area contributed by atoms with Crippen LogP contribution < -0.4 is 0 Å². The minimum Gasteiger partial charge on any atom is -0.395 e. The number of likely N-dealkylation sites (tertiary alicyclic amines) is 1. The van der Waals surface area contributed by atoms with Crippen LogP contribution in [-0.4, -0.2) is 101 Å². The van der Waals surface area contributed by atoms with E-state index >= 15 is 0 Å². The number of rotatable bonds is 14. The van der Waals surface area contributed by atoms with E-state index in [1.165, 1.54) is 25.9 Å². The normalized spacial score (nSPS) is 16.1. The molecule has 0 atom stereocenters. The van der Waals surface area contributed by atoms with Crippen molar-refractivity contribution >= 4 is 0 Å². The van der Waals surface area contributed by atoms with Crippen molar-refractivity contribution in [1.29, 1.82) is 0 Å². The minimum atomic E-state index is 0.192. The first-order chi connectivity index (χ1) is 10.3. The molecule has 0 radical (unpaired) electrons. The van der Waals surface area contributed by atoms with Gasteiger partial charge in [-0.05, 0) is 33.0 Å². The smallest absolute Gasteiger partial charge is 0.0701 e. The highest BCUT2D eigenvalue weighted by molar-refractivity contribution is 4.64. The van der Waals surface area contributed by atoms with Gasteiger partial charge in [0.05, 0.1) is 46.2 Å². The van der Waals surface area contributed by atoms with Gasteiger partial charge in [-0.25, -0.2) is 0 Å². The molecule has 0 aliphatic carbocycles. The van der Waals surface area contributed by atoms with Gasteiger partial charge in [-0.3, -0.25) is 0 Å². The Morgan fingerprint density at radius 2 is 1.43 bits per heavy atom. The van der Waals surface area contributed by atoms with Crippen LogP contribution in [0, 0.1) is 0 Å². The molecular weight excluding hydrogens is 272 g/mol. The van der Waals surface area contributed by atoms with Gasteiger partial charge in [0.2, 0.25) is 0 Å². The number of nitrogens with zero attached hydrogens (tertiary/aromatic N) is 2. The Bertz CT molecular complexity index is 226. The zero-order valence-corrected chi connectivity index (χ0v) is 13.5. The van der Waals surface area contributed by atoms with Crippen molar-refractivity contribution in [3.63, 3.8) is 0 Å². The van der Waals surface area contributed by atoms with Crippen LogP contribution in [0.5, 0.6) is 0 Å². The van der Waals surface area contributed by atoms with Gasteiger partial charge in [-0.1, -0.05) is 0 Å². The summed E-state index contributed by atoms with van der Waals surface area (Å²) in [6.45, 7) is 9.20. The Kier molecular flexibility index (Phi) is 12.0. The Morgan fingerprint density at radius 3 is 2.05 bits per heavy atom. The quantitative estimate of drug-likeness (QED) is 0.458. The molecule has 126 valence electrons. The average Bonchev–Trinajstić information content (AvgIpc) is 2.98. The lowest BCUT2D eigenvalue weighted by Gasteiger charge is -2.15. The van der Waals surface area contributed by atoms with E-state index in [0.29, 0.717) is 39.6 Å². The molecule has 1 N–H and O–H groups in total. The third kappa shape index (κ3) is 11.0. The molecule has 1 saturated heterocycles. The van der Waals surface area contributed by atoms with E-state index < -0.39 is 0 Å². The molecule has 0 aromatic heterocycles. The van der Waals surface area contributed by atoms with Gasteiger partial charge in [0.15, 0.2) is 0 Å². The first-order valence-corrected chi connectivity index (χ1v) is 8.08. The SMILES string of the molecule is CN(CCO)CCOCCOCCOCCN1CCCC1. The molecule has 0 saturated carbocycles. The number of aliphatic hydroxyl groups is 1. The van der Waals surface area contributed by atoms with Crippen molar-refractivity contribution in [3.8, 4) is 0 Å². The number of hydrogen-bond acceptors (Lipinski definition) is 6. The first kappa shape index (κ1) is 18.8. The van der Waals surface area contributed by atoms with Crippen LogP contribution >= 0.6 is 0 Å². The molecule has 0 bridgehead atoms. The highest BCUT2D eigenvalue weighted by Crippen LogP contribution is 2.05. The maximum Gasteiger partial charge on any atom is 0.0701 e. The number of aliphatic hydroxyl groups excluding tert-OH is 1. The van der Waals surface area contributed by atoms with Crippen LogP contribution in [0.25, 0.3) is 0 Å². The van der Waals surface area contributed by atoms with Crippen molar-refractivity contribution < 1.29 is 19.3 Å². The summed E-state index contributed by atoms with van der Waals surface area (Å²) in [5.41, 5.74) is 0. The van der Waals surface area contributed by atoms with Crippen LogP contribution in [0.2, 0.25) is 0 Å². The second-order valence-corrected chi connectivity index (χ2v) is 5.41. The maximum absolute atomic E-state index is 8.74. The third-order valence-corrected chi connectivity index (χ3v) is 3.59. The average molecular weight is 304 g/mol. The van der Waals surface area contributed by atoms with Crippen LogP contribution in [0.15, 0.2) is 0 Å². The topological polar surface area (TPSA) is 54.4 Å². The van der Waals surface area contributed by atoms with Crippen LogP contribution in [-0.2, 0) is 14.2 Å². The minimum absolute atomic E-state index is 0.192. The number of likely N-dealkylation sites (N-methyl/N-ethyl adjacent to an activating group) is 1. The van der Waals surface area contributed by atoms with E-state index in [9.17, 15) is 0 Å². The zero-order valence-electron chi connectivity index (χ0n) is 13.5. The fourth-order valence-corrected chi connectivity index (χ4v) is 2.24. The molecular formula is C15H32N2O4. The van der Waals surface area contributed by atoms with E-state index in [2.05, 4.69) is 4.90 Å². The fourth-order valence-electron chi connectivity index (χ4n) is 2.24. The molecule has 0 aromatic rings. The van der Waals surface area contributed by atoms with E-state index in [-0.39, 0.29) is 6.61 Å². The van der Waals surface area contributed by atoms with Gasteiger partial charge in [0.25, 0.3) is 0 Å². The summed E-state index contributed by atoms with van der Waals surface area (Å²) in [5, 5.41) is 8.74. The molecule has 6 heteroatoms. The summed E-state index contributed by atoms with van der Waals surface area (Å²) in [6, 6.07) is 0. The van der Waals surface area contributed by atoms with Gasteiger partial charge in [0.1, 0.15) is 0 Å². The first-order valence-electron chi connectivity index (χ1n) is 8.08. The van der Waals surface area contributed by atoms with Gasteiger partial charge in [-0.15, -0.1) is 0 Å². The molecule has 1 heterocycles. The molecule has 1 rings (SSSR count). The zero-order chi connectivity index (χ0) is 15.2. The van der Waals surface area contributed by atoms with Crippen molar-refractivity contribution in [2.45, 2.75) is 12.8 Å². The Labute approximate surface area is 128 Å². The predicted molar refractivity (Wildman–Crippen MR) is 82.7 cm³/mol. The summed E-state index contributed by atoms with van der Waals surface area (Å²) in [7, 11) is 1.97. The lowest BCUT2D eigenvalue weighted by atomic mass is 10.4. The molecule has 0 amide bonds. The highest BCUT2D eigenvalue weighted by atomic mass is 16.5. The standard InChI is InChI=1S/C15H32N2O4/c1-16(6-9-18)7-10-19-12-14-21-15-13-20-11-8-17-4-2-3-5-17/h18H,2-15H2,1H3. The van der Waals surface area contributed by atoms with Gasteiger partial charge in [0, 0.05) is 19.6 Å². The molecule has 6 nitrogen and oxygen atoms in total. The summed E-state index contributed by atoms with van der Waals surface area (Å²) < 4.78 is 16.4. The van der Waals surface area contributed by atoms with Gasteiger partial charge < -0.3 is 29.1 Å². The molecule has 1 aliphatic rings. The summed E-state index contributed by atoms with van der Waals surface area (Å²) in [6.07, 6.45) is 2.66. The van der Waals surface area contributed by atoms with Gasteiger partial charge in [-0.2, -0.15) is 0 Å². The lowest BCUT2D eigenvalue weighted by molar-refractivity contribution is 0.00843. The van der Waals surface area contributed by atoms with Crippen LogP contribution in [0.4, 0.5) is 0 Å². The Balaban J connectivity index is 1.70. The largest absolute Gasteiger partial charge is 0.395 e. The Morgan fingerprint density at radius 1 is 0.857 bits per heavy atom. The second-order valence-electron chi connectivity index (χ2n) is 5.41. The predicted octanol–water partition coefficient (Wildman–Crippen LogP) is 0.0561. The van der Waals surface area contributed by atoms with E-state index in [0.717, 1.165) is 19.7 Å².